The van der Waals surface area contributed by atoms with Crippen LogP contribution in [0.5, 0.6) is 5.88 Å². The summed E-state index contributed by atoms with van der Waals surface area (Å²) in [6.45, 7) is 0. The summed E-state index contributed by atoms with van der Waals surface area (Å²) >= 11 is 0. The number of methoxy groups -OCH3 is 1. The molecule has 1 fully saturated rings. The van der Waals surface area contributed by atoms with E-state index >= 15 is 0 Å². The topological polar surface area (TPSA) is 88.5 Å². The maximum absolute atomic E-state index is 11.9. The Kier molecular flexibility index (Phi) is 3.18. The van der Waals surface area contributed by atoms with E-state index in [2.05, 4.69) is 10.3 Å². The molecule has 0 aliphatic heterocycles. The molecule has 1 aliphatic carbocycles. The fraction of sp³-hybridized carbons (Fsp3) is 0.417. The average molecular weight is 250 g/mol. The molecule has 0 aromatic carbocycles. The Labute approximate surface area is 104 Å². The number of hydrogen-bond donors (Lipinski definition) is 2. The number of ether oxygens (including phenoxy) is 1. The molecule has 1 saturated carbocycles. The monoisotopic (exact) mass is 250 g/mol. The third-order valence-electron chi connectivity index (χ3n) is 3.18. The van der Waals surface area contributed by atoms with E-state index in [0.29, 0.717) is 24.3 Å². The summed E-state index contributed by atoms with van der Waals surface area (Å²) in [4.78, 5) is 26.9. The van der Waals surface area contributed by atoms with Crippen molar-refractivity contribution >= 4 is 11.9 Å². The molecule has 1 heterocycles. The van der Waals surface area contributed by atoms with Crippen molar-refractivity contribution in [1.29, 1.82) is 0 Å². The number of nitrogens with zero attached hydrogens (tertiary/aromatic N) is 1. The molecule has 96 valence electrons. The smallest absolute Gasteiger partial charge is 0.329 e. The molecule has 0 radical (unpaired) electrons. The molecular weight excluding hydrogens is 236 g/mol. The zero-order valence-corrected chi connectivity index (χ0v) is 9.97. The Morgan fingerprint density at radius 2 is 2.17 bits per heavy atom. The van der Waals surface area contributed by atoms with Gasteiger partial charge in [0.15, 0.2) is 0 Å². The number of carbonyl (C=O) groups is 2. The van der Waals surface area contributed by atoms with Crippen LogP contribution in [0.2, 0.25) is 0 Å². The molecular formula is C12H14N2O4. The first kappa shape index (κ1) is 12.3. The summed E-state index contributed by atoms with van der Waals surface area (Å²) in [6, 6.07) is 3.11. The molecule has 0 spiro atoms. The normalized spacial score (nSPS) is 16.5. The van der Waals surface area contributed by atoms with E-state index in [1.807, 2.05) is 0 Å². The molecule has 18 heavy (non-hydrogen) atoms. The third-order valence-corrected chi connectivity index (χ3v) is 3.18. The number of nitrogens with one attached hydrogen (secondary N) is 1. The number of rotatable bonds is 4. The Hall–Kier alpha value is -2.11. The highest BCUT2D eigenvalue weighted by atomic mass is 16.5. The summed E-state index contributed by atoms with van der Waals surface area (Å²) in [5.74, 6) is -1.00. The highest BCUT2D eigenvalue weighted by molar-refractivity contribution is 5.98. The van der Waals surface area contributed by atoms with Gasteiger partial charge >= 0.3 is 5.97 Å². The first-order valence-corrected chi connectivity index (χ1v) is 5.63. The van der Waals surface area contributed by atoms with Crippen LogP contribution in [-0.2, 0) is 4.79 Å². The standard InChI is InChI=1S/C12H14N2O4/c1-18-9-4-3-8(7-13-9)10(15)14-12(11(16)17)5-2-6-12/h3-4,7H,2,5-6H2,1H3,(H,14,15)(H,16,17). The van der Waals surface area contributed by atoms with Gasteiger partial charge in [-0.2, -0.15) is 0 Å². The fourth-order valence-corrected chi connectivity index (χ4v) is 1.85. The molecule has 6 nitrogen and oxygen atoms in total. The van der Waals surface area contributed by atoms with E-state index < -0.39 is 17.4 Å². The van der Waals surface area contributed by atoms with Crippen molar-refractivity contribution < 1.29 is 19.4 Å². The largest absolute Gasteiger partial charge is 0.481 e. The number of amides is 1. The lowest BCUT2D eigenvalue weighted by Crippen LogP contribution is -2.59. The lowest BCUT2D eigenvalue weighted by atomic mass is 9.76. The van der Waals surface area contributed by atoms with Gasteiger partial charge in [0.1, 0.15) is 5.54 Å². The average Bonchev–Trinajstić information content (AvgIpc) is 2.33. The van der Waals surface area contributed by atoms with Gasteiger partial charge in [-0.3, -0.25) is 4.79 Å². The van der Waals surface area contributed by atoms with Crippen LogP contribution in [0.15, 0.2) is 18.3 Å². The van der Waals surface area contributed by atoms with Crippen LogP contribution in [-0.4, -0.2) is 34.6 Å². The lowest BCUT2D eigenvalue weighted by Gasteiger charge is -2.38. The van der Waals surface area contributed by atoms with E-state index in [-0.39, 0.29) is 0 Å². The molecule has 2 N–H and O–H groups in total. The van der Waals surface area contributed by atoms with Crippen molar-refractivity contribution in [3.8, 4) is 5.88 Å². The van der Waals surface area contributed by atoms with E-state index in [4.69, 9.17) is 9.84 Å². The second kappa shape index (κ2) is 4.64. The van der Waals surface area contributed by atoms with Gasteiger partial charge < -0.3 is 15.2 Å². The van der Waals surface area contributed by atoms with Crippen LogP contribution in [0, 0.1) is 0 Å². The van der Waals surface area contributed by atoms with Crippen LogP contribution in [0.25, 0.3) is 0 Å². The first-order valence-electron chi connectivity index (χ1n) is 5.63. The summed E-state index contributed by atoms with van der Waals surface area (Å²) in [5.41, 5.74) is -0.778. The molecule has 0 atom stereocenters. The number of aliphatic carboxylic acids is 1. The number of pyridine rings is 1. The molecule has 1 aromatic heterocycles. The molecule has 1 aliphatic rings. The number of hydrogen-bond acceptors (Lipinski definition) is 4. The van der Waals surface area contributed by atoms with Gasteiger partial charge in [-0.05, 0) is 25.3 Å². The van der Waals surface area contributed by atoms with Crippen LogP contribution < -0.4 is 10.1 Å². The Morgan fingerprint density at radius 1 is 1.44 bits per heavy atom. The van der Waals surface area contributed by atoms with E-state index in [1.54, 1.807) is 12.1 Å². The van der Waals surface area contributed by atoms with Crippen LogP contribution >= 0.6 is 0 Å². The van der Waals surface area contributed by atoms with Gasteiger partial charge in [-0.1, -0.05) is 0 Å². The van der Waals surface area contributed by atoms with Crippen molar-refractivity contribution in [1.82, 2.24) is 10.3 Å². The third kappa shape index (κ3) is 2.13. The van der Waals surface area contributed by atoms with Crippen LogP contribution in [0.4, 0.5) is 0 Å². The van der Waals surface area contributed by atoms with Crippen molar-refractivity contribution in [3.63, 3.8) is 0 Å². The fourth-order valence-electron chi connectivity index (χ4n) is 1.85. The summed E-state index contributed by atoms with van der Waals surface area (Å²) in [5, 5.41) is 11.7. The summed E-state index contributed by atoms with van der Waals surface area (Å²) in [7, 11) is 1.48. The van der Waals surface area contributed by atoms with Gasteiger partial charge in [-0.25, -0.2) is 9.78 Å². The molecule has 0 saturated heterocycles. The van der Waals surface area contributed by atoms with Crippen molar-refractivity contribution in [3.05, 3.63) is 23.9 Å². The second-order valence-electron chi connectivity index (χ2n) is 4.28. The minimum absolute atomic E-state index is 0.323. The molecule has 0 bridgehead atoms. The van der Waals surface area contributed by atoms with Crippen molar-refractivity contribution in [2.45, 2.75) is 24.8 Å². The zero-order valence-electron chi connectivity index (χ0n) is 9.97. The number of carbonyl (C=O) groups excluding carboxylic acids is 1. The van der Waals surface area contributed by atoms with Crippen molar-refractivity contribution in [2.75, 3.05) is 7.11 Å². The summed E-state index contributed by atoms with van der Waals surface area (Å²) < 4.78 is 4.88. The quantitative estimate of drug-likeness (QED) is 0.826. The van der Waals surface area contributed by atoms with Gasteiger partial charge in [0.05, 0.1) is 12.7 Å². The maximum atomic E-state index is 11.9. The highest BCUT2D eigenvalue weighted by Gasteiger charge is 2.45. The molecule has 2 rings (SSSR count). The predicted molar refractivity (Wildman–Crippen MR) is 62.5 cm³/mol. The molecule has 1 amide bonds. The Morgan fingerprint density at radius 3 is 2.56 bits per heavy atom. The van der Waals surface area contributed by atoms with Crippen LogP contribution in [0.1, 0.15) is 29.6 Å². The van der Waals surface area contributed by atoms with E-state index in [0.717, 1.165) is 6.42 Å². The van der Waals surface area contributed by atoms with E-state index in [9.17, 15) is 9.59 Å². The molecule has 6 heteroatoms. The Bertz CT molecular complexity index is 465. The molecule has 1 aromatic rings. The SMILES string of the molecule is COc1ccc(C(=O)NC2(C(=O)O)CCC2)cn1. The minimum atomic E-state index is -1.10. The lowest BCUT2D eigenvalue weighted by molar-refractivity contribution is -0.148. The number of carboxylic acid groups (broad SMARTS) is 1. The van der Waals surface area contributed by atoms with Gasteiger partial charge in [0.2, 0.25) is 5.88 Å². The minimum Gasteiger partial charge on any atom is -0.481 e. The molecule has 0 unspecified atom stereocenters. The summed E-state index contributed by atoms with van der Waals surface area (Å²) in [6.07, 6.45) is 3.12. The van der Waals surface area contributed by atoms with Gasteiger partial charge in [0.25, 0.3) is 5.91 Å². The maximum Gasteiger partial charge on any atom is 0.329 e. The number of aromatic nitrogens is 1. The first-order chi connectivity index (χ1) is 8.57. The number of carboxylic acids is 1. The predicted octanol–water partition coefficient (Wildman–Crippen LogP) is 0.827. The van der Waals surface area contributed by atoms with Gasteiger partial charge in [-0.15, -0.1) is 0 Å². The second-order valence-corrected chi connectivity index (χ2v) is 4.28. The van der Waals surface area contributed by atoms with Gasteiger partial charge in [0, 0.05) is 12.3 Å². The highest BCUT2D eigenvalue weighted by Crippen LogP contribution is 2.32. The zero-order chi connectivity index (χ0) is 13.2. The van der Waals surface area contributed by atoms with E-state index in [1.165, 1.54) is 13.3 Å². The Balaban J connectivity index is 2.09. The van der Waals surface area contributed by atoms with Crippen molar-refractivity contribution in [2.24, 2.45) is 0 Å². The van der Waals surface area contributed by atoms with Crippen LogP contribution in [0.3, 0.4) is 0 Å².